The molecule has 1 saturated heterocycles. The zero-order valence-electron chi connectivity index (χ0n) is 14.5. The number of carbonyl (C=O) groups is 1. The molecule has 0 aliphatic carbocycles. The molecule has 6 nitrogen and oxygen atoms in total. The molecule has 0 bridgehead atoms. The molecule has 24 heavy (non-hydrogen) atoms. The number of nitrogens with zero attached hydrogens (tertiary/aromatic N) is 3. The fourth-order valence-electron chi connectivity index (χ4n) is 3.03. The highest BCUT2D eigenvalue weighted by Crippen LogP contribution is 2.27. The van der Waals surface area contributed by atoms with E-state index in [0.717, 1.165) is 30.8 Å². The molecule has 1 aliphatic heterocycles. The Bertz CT molecular complexity index is 696. The van der Waals surface area contributed by atoms with Crippen molar-refractivity contribution >= 4 is 5.91 Å². The van der Waals surface area contributed by atoms with Crippen molar-refractivity contribution in [3.63, 3.8) is 0 Å². The number of piperidine rings is 1. The van der Waals surface area contributed by atoms with Gasteiger partial charge < -0.3 is 9.64 Å². The Morgan fingerprint density at radius 2 is 2.08 bits per heavy atom. The number of H-pyrrole nitrogens is 1. The van der Waals surface area contributed by atoms with Crippen LogP contribution in [-0.2, 0) is 9.53 Å². The van der Waals surface area contributed by atoms with Crippen molar-refractivity contribution in [2.45, 2.75) is 38.2 Å². The number of methoxy groups -OCH3 is 1. The number of aromatic nitrogens is 3. The molecule has 0 spiro atoms. The van der Waals surface area contributed by atoms with Gasteiger partial charge in [0.1, 0.15) is 11.4 Å². The second kappa shape index (κ2) is 6.73. The van der Waals surface area contributed by atoms with Crippen LogP contribution in [0.1, 0.15) is 38.4 Å². The van der Waals surface area contributed by atoms with Gasteiger partial charge in [0.15, 0.2) is 5.82 Å². The SMILES string of the molecule is COC(C)(C)C(=O)N1CCCC(c2nc(-c3ccccc3)n[nH]2)C1. The van der Waals surface area contributed by atoms with Crippen LogP contribution in [0.5, 0.6) is 0 Å². The Hall–Kier alpha value is -2.21. The summed E-state index contributed by atoms with van der Waals surface area (Å²) in [5.74, 6) is 1.76. The van der Waals surface area contributed by atoms with E-state index in [4.69, 9.17) is 4.74 Å². The van der Waals surface area contributed by atoms with Gasteiger partial charge in [0.25, 0.3) is 5.91 Å². The summed E-state index contributed by atoms with van der Waals surface area (Å²) in [5, 5.41) is 7.39. The summed E-state index contributed by atoms with van der Waals surface area (Å²) in [6.07, 6.45) is 1.96. The van der Waals surface area contributed by atoms with Crippen molar-refractivity contribution in [2.75, 3.05) is 20.2 Å². The molecule has 6 heteroatoms. The number of benzene rings is 1. The van der Waals surface area contributed by atoms with Crippen LogP contribution in [0.15, 0.2) is 30.3 Å². The molecule has 1 amide bonds. The first-order valence-electron chi connectivity index (χ1n) is 8.33. The fourth-order valence-corrected chi connectivity index (χ4v) is 3.03. The predicted octanol–water partition coefficient (Wildman–Crippen LogP) is 2.60. The molecule has 1 aliphatic rings. The first kappa shape index (κ1) is 16.6. The Labute approximate surface area is 142 Å². The van der Waals surface area contributed by atoms with E-state index in [1.54, 1.807) is 21.0 Å². The zero-order valence-corrected chi connectivity index (χ0v) is 14.5. The average molecular weight is 328 g/mol. The third-order valence-corrected chi connectivity index (χ3v) is 4.66. The lowest BCUT2D eigenvalue weighted by atomic mass is 9.95. The number of rotatable bonds is 4. The van der Waals surface area contributed by atoms with Gasteiger partial charge in [-0.1, -0.05) is 30.3 Å². The number of ether oxygens (including phenoxy) is 1. The largest absolute Gasteiger partial charge is 0.369 e. The van der Waals surface area contributed by atoms with Crippen molar-refractivity contribution in [1.82, 2.24) is 20.1 Å². The summed E-state index contributed by atoms with van der Waals surface area (Å²) in [5.41, 5.74) is 0.197. The first-order valence-corrected chi connectivity index (χ1v) is 8.33. The summed E-state index contributed by atoms with van der Waals surface area (Å²) in [6, 6.07) is 9.90. The predicted molar refractivity (Wildman–Crippen MR) is 91.5 cm³/mol. The molecule has 0 radical (unpaired) electrons. The van der Waals surface area contributed by atoms with Gasteiger partial charge in [0, 0.05) is 31.7 Å². The smallest absolute Gasteiger partial charge is 0.254 e. The standard InChI is InChI=1S/C18H24N4O2/c1-18(2,24-3)17(23)22-11-7-10-14(12-22)16-19-15(20-21-16)13-8-5-4-6-9-13/h4-6,8-9,14H,7,10-12H2,1-3H3,(H,19,20,21). The fraction of sp³-hybridized carbons (Fsp3) is 0.500. The molecule has 1 fully saturated rings. The average Bonchev–Trinajstić information content (AvgIpc) is 3.12. The van der Waals surface area contributed by atoms with Gasteiger partial charge in [0.05, 0.1) is 0 Å². The monoisotopic (exact) mass is 328 g/mol. The summed E-state index contributed by atoms with van der Waals surface area (Å²) in [4.78, 5) is 19.1. The van der Waals surface area contributed by atoms with Crippen LogP contribution in [0.25, 0.3) is 11.4 Å². The van der Waals surface area contributed by atoms with Gasteiger partial charge in [-0.3, -0.25) is 9.89 Å². The highest BCUT2D eigenvalue weighted by molar-refractivity contribution is 5.84. The normalized spacial score (nSPS) is 18.6. The lowest BCUT2D eigenvalue weighted by molar-refractivity contribution is -0.152. The van der Waals surface area contributed by atoms with Gasteiger partial charge in [-0.05, 0) is 26.7 Å². The van der Waals surface area contributed by atoms with Crippen molar-refractivity contribution in [3.8, 4) is 11.4 Å². The minimum Gasteiger partial charge on any atom is -0.369 e. The third kappa shape index (κ3) is 3.33. The maximum atomic E-state index is 12.6. The number of carbonyl (C=O) groups excluding carboxylic acids is 1. The van der Waals surface area contributed by atoms with Crippen molar-refractivity contribution in [3.05, 3.63) is 36.2 Å². The van der Waals surface area contributed by atoms with Crippen molar-refractivity contribution in [2.24, 2.45) is 0 Å². The summed E-state index contributed by atoms with van der Waals surface area (Å²) < 4.78 is 5.33. The molecule has 1 unspecified atom stereocenters. The Morgan fingerprint density at radius 1 is 1.33 bits per heavy atom. The number of amides is 1. The molecule has 1 atom stereocenters. The van der Waals surface area contributed by atoms with Crippen LogP contribution >= 0.6 is 0 Å². The molecule has 3 rings (SSSR count). The lowest BCUT2D eigenvalue weighted by Gasteiger charge is -2.36. The second-order valence-corrected chi connectivity index (χ2v) is 6.72. The molecule has 2 aromatic rings. The topological polar surface area (TPSA) is 71.1 Å². The van der Waals surface area contributed by atoms with E-state index in [0.29, 0.717) is 12.4 Å². The highest BCUT2D eigenvalue weighted by atomic mass is 16.5. The Kier molecular flexibility index (Phi) is 4.66. The van der Waals surface area contributed by atoms with Gasteiger partial charge >= 0.3 is 0 Å². The minimum absolute atomic E-state index is 0.0255. The van der Waals surface area contributed by atoms with Crippen LogP contribution < -0.4 is 0 Å². The molecule has 2 heterocycles. The quantitative estimate of drug-likeness (QED) is 0.936. The van der Waals surface area contributed by atoms with Crippen LogP contribution in [0, 0.1) is 0 Å². The Morgan fingerprint density at radius 3 is 2.79 bits per heavy atom. The van der Waals surface area contributed by atoms with Crippen LogP contribution in [0.4, 0.5) is 0 Å². The maximum Gasteiger partial charge on any atom is 0.254 e. The van der Waals surface area contributed by atoms with E-state index in [2.05, 4.69) is 15.2 Å². The summed E-state index contributed by atoms with van der Waals surface area (Å²) in [7, 11) is 1.57. The van der Waals surface area contributed by atoms with Gasteiger partial charge in [-0.2, -0.15) is 5.10 Å². The van der Waals surface area contributed by atoms with Crippen molar-refractivity contribution < 1.29 is 9.53 Å². The molecular weight excluding hydrogens is 304 g/mol. The van der Waals surface area contributed by atoms with E-state index in [9.17, 15) is 4.79 Å². The van der Waals surface area contributed by atoms with Gasteiger partial charge in [-0.25, -0.2) is 4.98 Å². The van der Waals surface area contributed by atoms with E-state index in [1.807, 2.05) is 35.2 Å². The highest BCUT2D eigenvalue weighted by Gasteiger charge is 2.35. The van der Waals surface area contributed by atoms with Crippen LogP contribution in [0.2, 0.25) is 0 Å². The number of likely N-dealkylation sites (tertiary alicyclic amines) is 1. The molecule has 0 saturated carbocycles. The van der Waals surface area contributed by atoms with E-state index >= 15 is 0 Å². The molecule has 1 aromatic carbocycles. The Balaban J connectivity index is 1.74. The molecular formula is C18H24N4O2. The summed E-state index contributed by atoms with van der Waals surface area (Å²) in [6.45, 7) is 5.03. The molecule has 1 aromatic heterocycles. The van der Waals surface area contributed by atoms with E-state index < -0.39 is 5.60 Å². The number of aromatic amines is 1. The van der Waals surface area contributed by atoms with Crippen LogP contribution in [0.3, 0.4) is 0 Å². The number of hydrogen-bond acceptors (Lipinski definition) is 4. The minimum atomic E-state index is -0.793. The number of hydrogen-bond donors (Lipinski definition) is 1. The van der Waals surface area contributed by atoms with E-state index in [-0.39, 0.29) is 11.8 Å². The first-order chi connectivity index (χ1) is 11.5. The zero-order chi connectivity index (χ0) is 17.2. The lowest BCUT2D eigenvalue weighted by Crippen LogP contribution is -2.49. The maximum absolute atomic E-state index is 12.6. The van der Waals surface area contributed by atoms with Gasteiger partial charge in [0.2, 0.25) is 0 Å². The number of nitrogens with one attached hydrogen (secondary N) is 1. The van der Waals surface area contributed by atoms with E-state index in [1.165, 1.54) is 0 Å². The molecule has 128 valence electrons. The summed E-state index contributed by atoms with van der Waals surface area (Å²) >= 11 is 0. The molecule has 1 N–H and O–H groups in total. The third-order valence-electron chi connectivity index (χ3n) is 4.66. The van der Waals surface area contributed by atoms with Crippen molar-refractivity contribution in [1.29, 1.82) is 0 Å². The second-order valence-electron chi connectivity index (χ2n) is 6.72. The van der Waals surface area contributed by atoms with Crippen LogP contribution in [-0.4, -0.2) is 51.8 Å². The van der Waals surface area contributed by atoms with Gasteiger partial charge in [-0.15, -0.1) is 0 Å².